The second-order valence-electron chi connectivity index (χ2n) is 8.28. The van der Waals surface area contributed by atoms with Crippen molar-refractivity contribution in [2.45, 2.75) is 19.3 Å². The summed E-state index contributed by atoms with van der Waals surface area (Å²) in [6.45, 7) is 7.52. The van der Waals surface area contributed by atoms with Crippen LogP contribution in [0.25, 0.3) is 0 Å². The molecule has 0 radical (unpaired) electrons. The summed E-state index contributed by atoms with van der Waals surface area (Å²) in [4.78, 5) is 33.4. The fraction of sp³-hybridized carbons (Fsp3) is 0.385. The van der Waals surface area contributed by atoms with Crippen LogP contribution in [0.2, 0.25) is 0 Å². The Morgan fingerprint density at radius 2 is 1.69 bits per heavy atom. The molecule has 3 heterocycles. The number of benzene rings is 1. The molecular formula is C26H33N5O4. The standard InChI is InChI=1S/C22H29N5.C4H4O4/c1-2-8-20-19(7-1)21(10-13-24-20)23-11-5-6-14-26-15-17-27(18-16-26)22-9-3-4-12-25-22;5-3(6)1-2-4(7)8/h1-4,7-9,12,24H,5-6,10-11,13-18H2;1-2H,(H,5,6)(H,7,8). The molecule has 0 aliphatic carbocycles. The van der Waals surface area contributed by atoms with Gasteiger partial charge >= 0.3 is 11.9 Å². The summed E-state index contributed by atoms with van der Waals surface area (Å²) < 4.78 is 0. The minimum atomic E-state index is -1.26. The summed E-state index contributed by atoms with van der Waals surface area (Å²) in [5, 5.41) is 19.1. The van der Waals surface area contributed by atoms with Gasteiger partial charge in [-0.2, -0.15) is 0 Å². The number of aliphatic imine (C=N–C) groups is 1. The van der Waals surface area contributed by atoms with Gasteiger partial charge in [-0.05, 0) is 37.6 Å². The van der Waals surface area contributed by atoms with Gasteiger partial charge in [-0.15, -0.1) is 0 Å². The second-order valence-corrected chi connectivity index (χ2v) is 8.28. The molecule has 35 heavy (non-hydrogen) atoms. The molecule has 0 unspecified atom stereocenters. The molecule has 0 atom stereocenters. The van der Waals surface area contributed by atoms with E-state index in [2.05, 4.69) is 56.5 Å². The Morgan fingerprint density at radius 1 is 0.971 bits per heavy atom. The van der Waals surface area contributed by atoms with Crippen LogP contribution < -0.4 is 10.2 Å². The number of anilines is 2. The van der Waals surface area contributed by atoms with Crippen molar-refractivity contribution in [2.75, 3.05) is 56.0 Å². The van der Waals surface area contributed by atoms with Gasteiger partial charge in [0.1, 0.15) is 5.82 Å². The number of aliphatic carboxylic acids is 2. The zero-order valence-corrected chi connectivity index (χ0v) is 19.8. The maximum absolute atomic E-state index is 9.55. The predicted octanol–water partition coefficient (Wildman–Crippen LogP) is 3.00. The van der Waals surface area contributed by atoms with Crippen LogP contribution >= 0.6 is 0 Å². The van der Waals surface area contributed by atoms with Gasteiger partial charge < -0.3 is 20.4 Å². The van der Waals surface area contributed by atoms with Crippen LogP contribution in [0.5, 0.6) is 0 Å². The van der Waals surface area contributed by atoms with Gasteiger partial charge in [0.25, 0.3) is 0 Å². The third kappa shape index (κ3) is 8.86. The quantitative estimate of drug-likeness (QED) is 0.391. The Hall–Kier alpha value is -3.72. The Kier molecular flexibility index (Phi) is 10.3. The molecule has 0 spiro atoms. The summed E-state index contributed by atoms with van der Waals surface area (Å²) in [7, 11) is 0. The number of rotatable bonds is 8. The molecule has 9 nitrogen and oxygen atoms in total. The van der Waals surface area contributed by atoms with Crippen molar-refractivity contribution in [1.29, 1.82) is 0 Å². The highest BCUT2D eigenvalue weighted by molar-refractivity contribution is 6.06. The van der Waals surface area contributed by atoms with Crippen molar-refractivity contribution in [3.05, 3.63) is 66.4 Å². The lowest BCUT2D eigenvalue weighted by atomic mass is 10.0. The van der Waals surface area contributed by atoms with Crippen LogP contribution in [0.3, 0.4) is 0 Å². The van der Waals surface area contributed by atoms with E-state index in [1.165, 1.54) is 36.3 Å². The summed E-state index contributed by atoms with van der Waals surface area (Å²) in [5.74, 6) is -1.41. The highest BCUT2D eigenvalue weighted by atomic mass is 16.4. The zero-order valence-electron chi connectivity index (χ0n) is 19.8. The fourth-order valence-electron chi connectivity index (χ4n) is 4.05. The van der Waals surface area contributed by atoms with Crippen LogP contribution in [0.4, 0.5) is 11.5 Å². The molecule has 1 aromatic carbocycles. The number of nitrogens with one attached hydrogen (secondary N) is 1. The predicted molar refractivity (Wildman–Crippen MR) is 137 cm³/mol. The van der Waals surface area contributed by atoms with E-state index in [0.717, 1.165) is 51.5 Å². The fourth-order valence-corrected chi connectivity index (χ4v) is 4.05. The Balaban J connectivity index is 0.000000371. The molecule has 0 amide bonds. The number of unbranched alkanes of at least 4 members (excludes halogenated alkanes) is 1. The van der Waals surface area contributed by atoms with Crippen molar-refractivity contribution in [1.82, 2.24) is 9.88 Å². The van der Waals surface area contributed by atoms with Gasteiger partial charge in [-0.25, -0.2) is 14.6 Å². The van der Waals surface area contributed by atoms with Gasteiger partial charge in [-0.3, -0.25) is 9.89 Å². The van der Waals surface area contributed by atoms with Crippen LogP contribution in [-0.4, -0.2) is 83.6 Å². The Labute approximate surface area is 205 Å². The molecule has 2 aromatic rings. The molecule has 1 saturated heterocycles. The number of fused-ring (bicyclic) bond motifs is 1. The molecular weight excluding hydrogens is 446 g/mol. The van der Waals surface area contributed by atoms with E-state index in [-0.39, 0.29) is 0 Å². The van der Waals surface area contributed by atoms with E-state index >= 15 is 0 Å². The Bertz CT molecular complexity index is 1000. The van der Waals surface area contributed by atoms with Gasteiger partial charge in [0, 0.05) is 81.0 Å². The average Bonchev–Trinajstić information content (AvgIpc) is 2.89. The number of carbonyl (C=O) groups is 2. The first-order chi connectivity index (χ1) is 17.0. The van der Waals surface area contributed by atoms with Gasteiger partial charge in [0.2, 0.25) is 0 Å². The minimum Gasteiger partial charge on any atom is -0.478 e. The monoisotopic (exact) mass is 479 g/mol. The van der Waals surface area contributed by atoms with E-state index in [0.29, 0.717) is 12.2 Å². The van der Waals surface area contributed by atoms with Gasteiger partial charge in [-0.1, -0.05) is 24.3 Å². The highest BCUT2D eigenvalue weighted by Gasteiger charge is 2.17. The summed E-state index contributed by atoms with van der Waals surface area (Å²) in [6, 6.07) is 14.7. The molecule has 1 fully saturated rings. The summed E-state index contributed by atoms with van der Waals surface area (Å²) in [6.07, 6.45) is 6.42. The smallest absolute Gasteiger partial charge is 0.328 e. The van der Waals surface area contributed by atoms with Crippen LogP contribution in [0, 0.1) is 0 Å². The summed E-state index contributed by atoms with van der Waals surface area (Å²) >= 11 is 0. The molecule has 0 saturated carbocycles. The molecule has 0 bridgehead atoms. The van der Waals surface area contributed by atoms with E-state index in [1.54, 1.807) is 0 Å². The first-order valence-electron chi connectivity index (χ1n) is 11.9. The minimum absolute atomic E-state index is 0.558. The van der Waals surface area contributed by atoms with Crippen LogP contribution in [0.1, 0.15) is 24.8 Å². The topological polar surface area (TPSA) is 118 Å². The maximum Gasteiger partial charge on any atom is 0.328 e. The van der Waals surface area contributed by atoms with Crippen LogP contribution in [0.15, 0.2) is 65.8 Å². The van der Waals surface area contributed by atoms with Crippen molar-refractivity contribution in [3.8, 4) is 0 Å². The largest absolute Gasteiger partial charge is 0.478 e. The highest BCUT2D eigenvalue weighted by Crippen LogP contribution is 2.21. The number of piperazine rings is 1. The molecule has 1 aromatic heterocycles. The van der Waals surface area contributed by atoms with Crippen LogP contribution in [-0.2, 0) is 9.59 Å². The number of nitrogens with zero attached hydrogens (tertiary/aromatic N) is 4. The maximum atomic E-state index is 9.55. The number of carboxylic acid groups (broad SMARTS) is 2. The van der Waals surface area contributed by atoms with Crippen molar-refractivity contribution >= 4 is 29.2 Å². The molecule has 4 rings (SSSR count). The third-order valence-electron chi connectivity index (χ3n) is 5.81. The number of para-hydroxylation sites is 1. The molecule has 2 aliphatic rings. The van der Waals surface area contributed by atoms with E-state index in [1.807, 2.05) is 12.3 Å². The molecule has 9 heteroatoms. The van der Waals surface area contributed by atoms with Gasteiger partial charge in [0.15, 0.2) is 0 Å². The summed E-state index contributed by atoms with van der Waals surface area (Å²) in [5.41, 5.74) is 3.79. The van der Waals surface area contributed by atoms with Crippen molar-refractivity contribution in [3.63, 3.8) is 0 Å². The van der Waals surface area contributed by atoms with Crippen molar-refractivity contribution in [2.24, 2.45) is 4.99 Å². The Morgan fingerprint density at radius 3 is 2.37 bits per heavy atom. The van der Waals surface area contributed by atoms with E-state index in [4.69, 9.17) is 15.2 Å². The lowest BCUT2D eigenvalue weighted by Crippen LogP contribution is -2.46. The molecule has 2 aliphatic heterocycles. The SMILES string of the molecule is O=C(O)C=CC(=O)O.c1ccc(N2CCN(CCCCN=C3CCNc4ccccc43)CC2)nc1. The molecule has 3 N–H and O–H groups in total. The normalized spacial score (nSPS) is 16.8. The lowest BCUT2D eigenvalue weighted by molar-refractivity contribution is -0.134. The number of pyridine rings is 1. The second kappa shape index (κ2) is 13.9. The first kappa shape index (κ1) is 25.9. The van der Waals surface area contributed by atoms with E-state index < -0.39 is 11.9 Å². The number of hydrogen-bond acceptors (Lipinski definition) is 7. The number of hydrogen-bond donors (Lipinski definition) is 3. The third-order valence-corrected chi connectivity index (χ3v) is 5.81. The van der Waals surface area contributed by atoms with Crippen molar-refractivity contribution < 1.29 is 19.8 Å². The lowest BCUT2D eigenvalue weighted by Gasteiger charge is -2.35. The van der Waals surface area contributed by atoms with Gasteiger partial charge in [0.05, 0.1) is 0 Å². The van der Waals surface area contributed by atoms with E-state index in [9.17, 15) is 9.59 Å². The zero-order chi connectivity index (χ0) is 24.9. The number of aromatic nitrogens is 1. The first-order valence-corrected chi connectivity index (χ1v) is 11.9. The molecule has 186 valence electrons. The average molecular weight is 480 g/mol. The number of carboxylic acids is 2.